The standard InChI is InChI=1S/C12H12O2.C12H18O2/c13-7-10-6-5-9-3-1-2-4-11(9)12(10)8-14;1-7-8(2)12(6-14)10(4)9(3)11(7)5-13/h1-6,13-14H,7-8H2;13-14H,5-6H2,1-4H3. The summed E-state index contributed by atoms with van der Waals surface area (Å²) in [6.07, 6.45) is 0. The Hall–Kier alpha value is -2.24. The largest absolute Gasteiger partial charge is 0.392 e. The third-order valence-electron chi connectivity index (χ3n) is 5.72. The fraction of sp³-hybridized carbons (Fsp3) is 0.333. The minimum Gasteiger partial charge on any atom is -0.392 e. The van der Waals surface area contributed by atoms with Gasteiger partial charge in [0.05, 0.1) is 26.4 Å². The van der Waals surface area contributed by atoms with Gasteiger partial charge in [0.1, 0.15) is 0 Å². The van der Waals surface area contributed by atoms with Crippen molar-refractivity contribution >= 4 is 10.8 Å². The summed E-state index contributed by atoms with van der Waals surface area (Å²) >= 11 is 0. The molecule has 3 rings (SSSR count). The minimum atomic E-state index is -0.0305. The third-order valence-corrected chi connectivity index (χ3v) is 5.72. The molecule has 0 amide bonds. The lowest BCUT2D eigenvalue weighted by molar-refractivity contribution is 0.261. The van der Waals surface area contributed by atoms with Gasteiger partial charge in [-0.2, -0.15) is 0 Å². The molecule has 4 N–H and O–H groups in total. The highest BCUT2D eigenvalue weighted by atomic mass is 16.3. The number of hydrogen-bond acceptors (Lipinski definition) is 4. The first kappa shape index (κ1) is 22.1. The molecular formula is C24H30O4. The van der Waals surface area contributed by atoms with Gasteiger partial charge in [0.25, 0.3) is 0 Å². The molecule has 0 heterocycles. The summed E-state index contributed by atoms with van der Waals surface area (Å²) in [6.45, 7) is 8.06. The Morgan fingerprint density at radius 1 is 0.536 bits per heavy atom. The van der Waals surface area contributed by atoms with E-state index < -0.39 is 0 Å². The molecule has 0 fully saturated rings. The van der Waals surface area contributed by atoms with Gasteiger partial charge < -0.3 is 20.4 Å². The molecule has 0 saturated carbocycles. The van der Waals surface area contributed by atoms with E-state index in [1.54, 1.807) is 0 Å². The predicted octanol–water partition coefficient (Wildman–Crippen LogP) is 3.73. The van der Waals surface area contributed by atoms with Gasteiger partial charge in [-0.15, -0.1) is 0 Å². The molecular weight excluding hydrogens is 352 g/mol. The maximum atomic E-state index is 9.25. The van der Waals surface area contributed by atoms with Gasteiger partial charge >= 0.3 is 0 Å². The highest BCUT2D eigenvalue weighted by Gasteiger charge is 2.12. The first-order chi connectivity index (χ1) is 13.4. The van der Waals surface area contributed by atoms with Crippen LogP contribution in [0.25, 0.3) is 10.8 Å². The first-order valence-corrected chi connectivity index (χ1v) is 9.42. The van der Waals surface area contributed by atoms with Gasteiger partial charge in [-0.1, -0.05) is 36.4 Å². The van der Waals surface area contributed by atoms with Crippen molar-refractivity contribution < 1.29 is 20.4 Å². The monoisotopic (exact) mass is 382 g/mol. The Balaban J connectivity index is 0.000000200. The quantitative estimate of drug-likeness (QED) is 0.554. The van der Waals surface area contributed by atoms with E-state index in [4.69, 9.17) is 5.11 Å². The van der Waals surface area contributed by atoms with Crippen LogP contribution in [0.15, 0.2) is 36.4 Å². The van der Waals surface area contributed by atoms with Crippen molar-refractivity contribution in [3.05, 3.63) is 80.9 Å². The molecule has 4 nitrogen and oxygen atoms in total. The lowest BCUT2D eigenvalue weighted by Crippen LogP contribution is -2.05. The Kier molecular flexibility index (Phi) is 7.72. The number of benzene rings is 3. The molecule has 0 saturated heterocycles. The van der Waals surface area contributed by atoms with E-state index in [9.17, 15) is 15.3 Å². The molecule has 28 heavy (non-hydrogen) atoms. The van der Waals surface area contributed by atoms with E-state index in [1.807, 2.05) is 64.1 Å². The molecule has 3 aromatic rings. The molecule has 0 atom stereocenters. The summed E-state index contributed by atoms with van der Waals surface area (Å²) in [7, 11) is 0. The van der Waals surface area contributed by atoms with Crippen molar-refractivity contribution in [3.8, 4) is 0 Å². The number of aliphatic hydroxyl groups excluding tert-OH is 4. The first-order valence-electron chi connectivity index (χ1n) is 9.42. The van der Waals surface area contributed by atoms with Gasteiger partial charge in [-0.05, 0) is 83.0 Å². The van der Waals surface area contributed by atoms with E-state index in [-0.39, 0.29) is 26.4 Å². The summed E-state index contributed by atoms with van der Waals surface area (Å²) < 4.78 is 0. The number of fused-ring (bicyclic) bond motifs is 1. The molecule has 0 radical (unpaired) electrons. The van der Waals surface area contributed by atoms with Crippen molar-refractivity contribution in [1.82, 2.24) is 0 Å². The average molecular weight is 383 g/mol. The molecule has 0 aromatic heterocycles. The van der Waals surface area contributed by atoms with Crippen LogP contribution in [0, 0.1) is 27.7 Å². The van der Waals surface area contributed by atoms with Crippen LogP contribution in [0.2, 0.25) is 0 Å². The van der Waals surface area contributed by atoms with Crippen LogP contribution >= 0.6 is 0 Å². The van der Waals surface area contributed by atoms with Crippen molar-refractivity contribution in [2.75, 3.05) is 0 Å². The second-order valence-electron chi connectivity index (χ2n) is 7.01. The number of hydrogen-bond donors (Lipinski definition) is 4. The molecule has 0 aliphatic carbocycles. The summed E-state index contributed by atoms with van der Waals surface area (Å²) in [4.78, 5) is 0. The Labute approximate surface area is 166 Å². The van der Waals surface area contributed by atoms with Gasteiger partial charge in [0, 0.05) is 0 Å². The smallest absolute Gasteiger partial charge is 0.0691 e. The van der Waals surface area contributed by atoms with Crippen molar-refractivity contribution in [3.63, 3.8) is 0 Å². The van der Waals surface area contributed by atoms with Crippen LogP contribution in [0.3, 0.4) is 0 Å². The maximum absolute atomic E-state index is 9.25. The zero-order valence-corrected chi connectivity index (χ0v) is 17.1. The number of aliphatic hydroxyl groups is 4. The zero-order valence-electron chi connectivity index (χ0n) is 17.1. The summed E-state index contributed by atoms with van der Waals surface area (Å²) in [6, 6.07) is 11.7. The normalized spacial score (nSPS) is 10.7. The van der Waals surface area contributed by atoms with Gasteiger partial charge in [0.15, 0.2) is 0 Å². The summed E-state index contributed by atoms with van der Waals surface area (Å²) in [5.74, 6) is 0. The van der Waals surface area contributed by atoms with Gasteiger partial charge in [0.2, 0.25) is 0 Å². The van der Waals surface area contributed by atoms with E-state index in [1.165, 1.54) is 0 Å². The van der Waals surface area contributed by atoms with Gasteiger partial charge in [-0.3, -0.25) is 0 Å². The van der Waals surface area contributed by atoms with Crippen LogP contribution in [0.1, 0.15) is 44.5 Å². The van der Waals surface area contributed by atoms with Crippen LogP contribution in [0.5, 0.6) is 0 Å². The fourth-order valence-electron chi connectivity index (χ4n) is 3.66. The summed E-state index contributed by atoms with van der Waals surface area (Å²) in [5.41, 5.74) is 8.00. The highest BCUT2D eigenvalue weighted by Crippen LogP contribution is 2.26. The molecule has 150 valence electrons. The van der Waals surface area contributed by atoms with Crippen LogP contribution < -0.4 is 0 Å². The molecule has 0 unspecified atom stereocenters. The molecule has 0 aliphatic heterocycles. The second-order valence-corrected chi connectivity index (χ2v) is 7.01. The van der Waals surface area contributed by atoms with Crippen LogP contribution in [0.4, 0.5) is 0 Å². The molecule has 3 aromatic carbocycles. The molecule has 0 bridgehead atoms. The van der Waals surface area contributed by atoms with Crippen molar-refractivity contribution in [2.45, 2.75) is 54.1 Å². The van der Waals surface area contributed by atoms with Crippen molar-refractivity contribution in [1.29, 1.82) is 0 Å². The van der Waals surface area contributed by atoms with E-state index in [0.29, 0.717) is 0 Å². The van der Waals surface area contributed by atoms with E-state index in [0.717, 1.165) is 55.3 Å². The Bertz CT molecular complexity index is 896. The lowest BCUT2D eigenvalue weighted by Gasteiger charge is -2.18. The van der Waals surface area contributed by atoms with Crippen LogP contribution in [-0.2, 0) is 26.4 Å². The van der Waals surface area contributed by atoms with Crippen LogP contribution in [-0.4, -0.2) is 20.4 Å². The van der Waals surface area contributed by atoms with E-state index >= 15 is 0 Å². The topological polar surface area (TPSA) is 80.9 Å². The minimum absolute atomic E-state index is 0.0271. The highest BCUT2D eigenvalue weighted by molar-refractivity contribution is 5.86. The SMILES string of the molecule is Cc1c(C)c(CO)c(C)c(C)c1CO.OCc1ccc2ccccc2c1CO. The zero-order chi connectivity index (χ0) is 20.8. The predicted molar refractivity (Wildman–Crippen MR) is 113 cm³/mol. The fourth-order valence-corrected chi connectivity index (χ4v) is 3.66. The molecule has 4 heteroatoms. The lowest BCUT2D eigenvalue weighted by atomic mass is 9.89. The average Bonchev–Trinajstić information content (AvgIpc) is 2.72. The van der Waals surface area contributed by atoms with Crippen molar-refractivity contribution in [2.24, 2.45) is 0 Å². The number of rotatable bonds is 4. The van der Waals surface area contributed by atoms with Gasteiger partial charge in [-0.25, -0.2) is 0 Å². The summed E-state index contributed by atoms with van der Waals surface area (Å²) in [5, 5.41) is 38.9. The Morgan fingerprint density at radius 2 is 1.00 bits per heavy atom. The second kappa shape index (κ2) is 9.80. The van der Waals surface area contributed by atoms with E-state index in [2.05, 4.69) is 0 Å². The molecule has 0 spiro atoms. The Morgan fingerprint density at radius 3 is 1.43 bits per heavy atom. The molecule has 0 aliphatic rings. The maximum Gasteiger partial charge on any atom is 0.0691 e. The third kappa shape index (κ3) is 4.26.